The lowest BCUT2D eigenvalue weighted by atomic mass is 10.2. The summed E-state index contributed by atoms with van der Waals surface area (Å²) in [5, 5.41) is 3.42. The van der Waals surface area contributed by atoms with Gasteiger partial charge in [-0.2, -0.15) is 0 Å². The van der Waals surface area contributed by atoms with Crippen molar-refractivity contribution in [2.75, 3.05) is 44.3 Å². The van der Waals surface area contributed by atoms with Gasteiger partial charge in [-0.1, -0.05) is 6.07 Å². The molecule has 0 atom stereocenters. The van der Waals surface area contributed by atoms with Gasteiger partial charge in [0.25, 0.3) is 0 Å². The van der Waals surface area contributed by atoms with E-state index in [1.807, 2.05) is 13.0 Å². The van der Waals surface area contributed by atoms with Crippen LogP contribution in [0.2, 0.25) is 0 Å². The average molecular weight is 282 g/mol. The minimum Gasteiger partial charge on any atom is -0.382 e. The highest BCUT2D eigenvalue weighted by Crippen LogP contribution is 2.14. The number of rotatable bonds is 11. The Morgan fingerprint density at radius 3 is 2.75 bits per heavy atom. The Morgan fingerprint density at radius 1 is 1.20 bits per heavy atom. The highest BCUT2D eigenvalue weighted by atomic mass is 19.1. The van der Waals surface area contributed by atoms with Crippen LogP contribution in [0, 0.1) is 5.82 Å². The van der Waals surface area contributed by atoms with Crippen LogP contribution in [0.5, 0.6) is 0 Å². The number of nitrogens with one attached hydrogen (secondary N) is 1. The van der Waals surface area contributed by atoms with E-state index in [1.54, 1.807) is 12.1 Å². The first kappa shape index (κ1) is 16.9. The highest BCUT2D eigenvalue weighted by molar-refractivity contribution is 5.46. The molecule has 1 rings (SSSR count). The number of likely N-dealkylation sites (N-methyl/N-ethyl adjacent to an activating group) is 1. The predicted octanol–water partition coefficient (Wildman–Crippen LogP) is 3.06. The second-order valence-corrected chi connectivity index (χ2v) is 4.71. The standard InChI is InChI=1S/C16H27FN2O/c1-3-19(16-9-7-8-15(17)14-16)12-11-18-10-5-6-13-20-4-2/h7-9,14,18H,3-6,10-13H2,1-2H3. The summed E-state index contributed by atoms with van der Waals surface area (Å²) in [4.78, 5) is 2.18. The van der Waals surface area contributed by atoms with Crippen molar-refractivity contribution in [2.24, 2.45) is 0 Å². The zero-order valence-electron chi connectivity index (χ0n) is 12.7. The van der Waals surface area contributed by atoms with E-state index >= 15 is 0 Å². The van der Waals surface area contributed by atoms with Gasteiger partial charge < -0.3 is 15.0 Å². The first-order valence-electron chi connectivity index (χ1n) is 7.57. The fourth-order valence-electron chi connectivity index (χ4n) is 2.08. The molecular formula is C16H27FN2O. The Morgan fingerprint density at radius 2 is 2.05 bits per heavy atom. The molecule has 0 saturated carbocycles. The van der Waals surface area contributed by atoms with Crippen molar-refractivity contribution in [3.05, 3.63) is 30.1 Å². The molecule has 0 unspecified atom stereocenters. The molecule has 0 radical (unpaired) electrons. The van der Waals surface area contributed by atoms with Gasteiger partial charge >= 0.3 is 0 Å². The average Bonchev–Trinajstić information content (AvgIpc) is 2.46. The molecule has 0 aliphatic carbocycles. The topological polar surface area (TPSA) is 24.5 Å². The van der Waals surface area contributed by atoms with Gasteiger partial charge in [-0.3, -0.25) is 0 Å². The Kier molecular flexibility index (Phi) is 9.00. The summed E-state index contributed by atoms with van der Waals surface area (Å²) in [5.74, 6) is -0.176. The zero-order valence-corrected chi connectivity index (χ0v) is 12.7. The monoisotopic (exact) mass is 282 g/mol. The highest BCUT2D eigenvalue weighted by Gasteiger charge is 2.04. The largest absolute Gasteiger partial charge is 0.382 e. The maximum atomic E-state index is 13.2. The van der Waals surface area contributed by atoms with E-state index in [9.17, 15) is 4.39 Å². The van der Waals surface area contributed by atoms with Gasteiger partial charge in [0.2, 0.25) is 0 Å². The van der Waals surface area contributed by atoms with Crippen molar-refractivity contribution >= 4 is 5.69 Å². The molecule has 0 spiro atoms. The Bertz CT molecular complexity index is 360. The molecule has 1 aromatic carbocycles. The molecule has 0 amide bonds. The number of nitrogens with zero attached hydrogens (tertiary/aromatic N) is 1. The van der Waals surface area contributed by atoms with Crippen LogP contribution in [0.1, 0.15) is 26.7 Å². The second-order valence-electron chi connectivity index (χ2n) is 4.71. The quantitative estimate of drug-likeness (QED) is 0.631. The number of ether oxygens (including phenoxy) is 1. The predicted molar refractivity (Wildman–Crippen MR) is 82.9 cm³/mol. The Labute approximate surface area is 122 Å². The number of halogens is 1. The van der Waals surface area contributed by atoms with Crippen LogP contribution in [0.3, 0.4) is 0 Å². The number of anilines is 1. The number of benzene rings is 1. The van der Waals surface area contributed by atoms with Crippen LogP contribution in [-0.4, -0.2) is 39.4 Å². The number of hydrogen-bond donors (Lipinski definition) is 1. The van der Waals surface area contributed by atoms with E-state index in [1.165, 1.54) is 6.07 Å². The molecule has 0 aliphatic heterocycles. The van der Waals surface area contributed by atoms with Crippen molar-refractivity contribution in [2.45, 2.75) is 26.7 Å². The van der Waals surface area contributed by atoms with Gasteiger partial charge in [0.05, 0.1) is 0 Å². The molecule has 0 aromatic heterocycles. The Hall–Kier alpha value is -1.13. The smallest absolute Gasteiger partial charge is 0.125 e. The van der Waals surface area contributed by atoms with Crippen molar-refractivity contribution in [1.29, 1.82) is 0 Å². The summed E-state index contributed by atoms with van der Waals surface area (Å²) in [6.07, 6.45) is 2.23. The van der Waals surface area contributed by atoms with Gasteiger partial charge in [-0.05, 0) is 51.4 Å². The van der Waals surface area contributed by atoms with Gasteiger partial charge in [0.15, 0.2) is 0 Å². The van der Waals surface area contributed by atoms with Crippen LogP contribution in [0.4, 0.5) is 10.1 Å². The van der Waals surface area contributed by atoms with Crippen LogP contribution < -0.4 is 10.2 Å². The first-order valence-corrected chi connectivity index (χ1v) is 7.57. The lowest BCUT2D eigenvalue weighted by molar-refractivity contribution is 0.143. The van der Waals surface area contributed by atoms with Crippen LogP contribution >= 0.6 is 0 Å². The summed E-state index contributed by atoms with van der Waals surface area (Å²) < 4.78 is 18.5. The third-order valence-corrected chi connectivity index (χ3v) is 3.21. The van der Waals surface area contributed by atoms with Crippen LogP contribution in [0.15, 0.2) is 24.3 Å². The molecule has 0 heterocycles. The van der Waals surface area contributed by atoms with Gasteiger partial charge in [-0.25, -0.2) is 4.39 Å². The summed E-state index contributed by atoms with van der Waals surface area (Å²) in [7, 11) is 0. The maximum Gasteiger partial charge on any atom is 0.125 e. The van der Waals surface area contributed by atoms with Crippen molar-refractivity contribution in [3.8, 4) is 0 Å². The summed E-state index contributed by atoms with van der Waals surface area (Å²) in [6, 6.07) is 6.78. The fraction of sp³-hybridized carbons (Fsp3) is 0.625. The van der Waals surface area contributed by atoms with E-state index in [0.29, 0.717) is 0 Å². The molecule has 114 valence electrons. The molecule has 0 aliphatic rings. The number of unbranched alkanes of at least 4 members (excludes halogenated alkanes) is 1. The van der Waals surface area contributed by atoms with E-state index < -0.39 is 0 Å². The van der Waals surface area contributed by atoms with Crippen molar-refractivity contribution in [3.63, 3.8) is 0 Å². The summed E-state index contributed by atoms with van der Waals surface area (Å²) >= 11 is 0. The molecule has 4 heteroatoms. The minimum absolute atomic E-state index is 0.176. The SMILES string of the molecule is CCOCCCCNCCN(CC)c1cccc(F)c1. The fourth-order valence-corrected chi connectivity index (χ4v) is 2.08. The maximum absolute atomic E-state index is 13.2. The third-order valence-electron chi connectivity index (χ3n) is 3.21. The van der Waals surface area contributed by atoms with Crippen molar-refractivity contribution in [1.82, 2.24) is 5.32 Å². The molecule has 3 nitrogen and oxygen atoms in total. The van der Waals surface area contributed by atoms with Crippen molar-refractivity contribution < 1.29 is 9.13 Å². The third kappa shape index (κ3) is 6.87. The van der Waals surface area contributed by atoms with E-state index in [-0.39, 0.29) is 5.82 Å². The molecule has 20 heavy (non-hydrogen) atoms. The van der Waals surface area contributed by atoms with Crippen LogP contribution in [0.25, 0.3) is 0 Å². The van der Waals surface area contributed by atoms with Crippen LogP contribution in [-0.2, 0) is 4.74 Å². The van der Waals surface area contributed by atoms with E-state index in [2.05, 4.69) is 17.1 Å². The lowest BCUT2D eigenvalue weighted by Crippen LogP contribution is -2.32. The van der Waals surface area contributed by atoms with Gasteiger partial charge in [0.1, 0.15) is 5.82 Å². The van der Waals surface area contributed by atoms with Gasteiger partial charge in [0, 0.05) is 38.5 Å². The molecule has 1 aromatic rings. The van der Waals surface area contributed by atoms with E-state index in [4.69, 9.17) is 4.74 Å². The molecule has 0 fully saturated rings. The van der Waals surface area contributed by atoms with E-state index in [0.717, 1.165) is 57.9 Å². The lowest BCUT2D eigenvalue weighted by Gasteiger charge is -2.23. The zero-order chi connectivity index (χ0) is 14.6. The molecular weight excluding hydrogens is 255 g/mol. The molecule has 0 bridgehead atoms. The molecule has 1 N–H and O–H groups in total. The number of hydrogen-bond acceptors (Lipinski definition) is 3. The summed E-state index contributed by atoms with van der Waals surface area (Å²) in [6.45, 7) is 9.46. The normalized spacial score (nSPS) is 10.8. The second kappa shape index (κ2) is 10.6. The first-order chi connectivity index (χ1) is 9.77. The molecule has 0 saturated heterocycles. The summed E-state index contributed by atoms with van der Waals surface area (Å²) in [5.41, 5.74) is 0.950. The van der Waals surface area contributed by atoms with Gasteiger partial charge in [-0.15, -0.1) is 0 Å². The minimum atomic E-state index is -0.176. The Balaban J connectivity index is 2.16.